The summed E-state index contributed by atoms with van der Waals surface area (Å²) in [5, 5.41) is 23.4. The Morgan fingerprint density at radius 2 is 1.83 bits per heavy atom. The van der Waals surface area contributed by atoms with Crippen LogP contribution in [0, 0.1) is 17.0 Å². The minimum Gasteiger partial charge on any atom is -0.464 e. The lowest BCUT2D eigenvalue weighted by Gasteiger charge is -2.36. The molecule has 6 rings (SSSR count). The number of aliphatic hydroxyl groups excluding tert-OH is 1. The maximum absolute atomic E-state index is 15.3. The number of benzene rings is 2. The van der Waals surface area contributed by atoms with Gasteiger partial charge in [-0.2, -0.15) is 0 Å². The van der Waals surface area contributed by atoms with Gasteiger partial charge >= 0.3 is 0 Å². The molecule has 0 unspecified atom stereocenters. The molecule has 4 aromatic rings. The second-order valence-corrected chi connectivity index (χ2v) is 12.4. The van der Waals surface area contributed by atoms with Crippen LogP contribution in [0.25, 0.3) is 11.0 Å². The summed E-state index contributed by atoms with van der Waals surface area (Å²) in [7, 11) is -4.17. The summed E-state index contributed by atoms with van der Waals surface area (Å²) < 4.78 is 74.8. The number of nitrogens with zero attached hydrogens (tertiary/aromatic N) is 3. The zero-order valence-corrected chi connectivity index (χ0v) is 23.1. The van der Waals surface area contributed by atoms with E-state index in [9.17, 15) is 18.6 Å². The van der Waals surface area contributed by atoms with Gasteiger partial charge in [-0.25, -0.2) is 31.1 Å². The van der Waals surface area contributed by atoms with Crippen molar-refractivity contribution >= 4 is 32.8 Å². The van der Waals surface area contributed by atoms with E-state index in [1.807, 2.05) is 0 Å². The Morgan fingerprint density at radius 1 is 1.12 bits per heavy atom. The Balaban J connectivity index is 1.38. The van der Waals surface area contributed by atoms with Gasteiger partial charge in [-0.05, 0) is 18.2 Å². The highest BCUT2D eigenvalue weighted by atomic mass is 32.2. The van der Waals surface area contributed by atoms with Crippen LogP contribution >= 0.6 is 0 Å². The van der Waals surface area contributed by atoms with Crippen LogP contribution in [0.2, 0.25) is 0 Å². The van der Waals surface area contributed by atoms with E-state index in [2.05, 4.69) is 15.3 Å². The van der Waals surface area contributed by atoms with Crippen molar-refractivity contribution < 1.29 is 41.6 Å². The molecule has 11 nitrogen and oxygen atoms in total. The van der Waals surface area contributed by atoms with Crippen LogP contribution in [0.1, 0.15) is 12.5 Å². The number of aromatic nitrogens is 2. The zero-order valence-electron chi connectivity index (χ0n) is 22.3. The van der Waals surface area contributed by atoms with Crippen LogP contribution in [0.15, 0.2) is 70.8 Å². The summed E-state index contributed by atoms with van der Waals surface area (Å²) in [5.74, 6) is -3.02. The molecule has 0 amide bonds. The minimum atomic E-state index is -4.17. The molecule has 42 heavy (non-hydrogen) atoms. The summed E-state index contributed by atoms with van der Waals surface area (Å²) in [5.41, 5.74) is -2.10. The van der Waals surface area contributed by atoms with Gasteiger partial charge < -0.3 is 29.7 Å². The fraction of sp³-hybridized carbons (Fsp3) is 0.286. The molecule has 4 heterocycles. The first-order valence-corrected chi connectivity index (χ1v) is 14.3. The summed E-state index contributed by atoms with van der Waals surface area (Å²) in [4.78, 5) is 8.38. The predicted molar refractivity (Wildman–Crippen MR) is 147 cm³/mol. The highest BCUT2D eigenvalue weighted by Gasteiger charge is 2.42. The third kappa shape index (κ3) is 4.85. The van der Waals surface area contributed by atoms with Gasteiger partial charge in [0.05, 0.1) is 36.6 Å². The van der Waals surface area contributed by atoms with Gasteiger partial charge in [0.1, 0.15) is 18.0 Å². The van der Waals surface area contributed by atoms with Crippen molar-refractivity contribution in [2.75, 3.05) is 38.3 Å². The number of anilines is 1. The molecule has 0 radical (unpaired) electrons. The second-order valence-electron chi connectivity index (χ2n) is 10.6. The Morgan fingerprint density at radius 3 is 2.43 bits per heavy atom. The van der Waals surface area contributed by atoms with Crippen molar-refractivity contribution in [1.29, 1.82) is 0 Å². The molecule has 2 aliphatic heterocycles. The average Bonchev–Trinajstić information content (AvgIpc) is 3.37. The number of halogens is 2. The van der Waals surface area contributed by atoms with Crippen molar-refractivity contribution in [2.45, 2.75) is 17.4 Å². The van der Waals surface area contributed by atoms with E-state index >= 15 is 8.78 Å². The molecule has 2 aromatic heterocycles. The lowest BCUT2D eigenvalue weighted by molar-refractivity contribution is -0.183. The fourth-order valence-corrected chi connectivity index (χ4v) is 5.94. The van der Waals surface area contributed by atoms with Crippen LogP contribution in [-0.2, 0) is 25.1 Å². The van der Waals surface area contributed by atoms with Gasteiger partial charge in [-0.1, -0.05) is 25.1 Å². The quantitative estimate of drug-likeness (QED) is 0.291. The third-order valence-corrected chi connectivity index (χ3v) is 8.77. The predicted octanol–water partition coefficient (Wildman–Crippen LogP) is 3.36. The first-order chi connectivity index (χ1) is 20.0. The van der Waals surface area contributed by atoms with Crippen molar-refractivity contribution in [3.63, 3.8) is 0 Å². The van der Waals surface area contributed by atoms with E-state index < -0.39 is 38.4 Å². The van der Waals surface area contributed by atoms with Gasteiger partial charge in [0, 0.05) is 41.2 Å². The van der Waals surface area contributed by atoms with Crippen molar-refractivity contribution in [3.05, 3.63) is 78.1 Å². The van der Waals surface area contributed by atoms with E-state index in [1.165, 1.54) is 30.6 Å². The number of amidine groups is 1. The lowest BCUT2D eigenvalue weighted by Crippen LogP contribution is -2.46. The van der Waals surface area contributed by atoms with E-state index in [-0.39, 0.29) is 71.9 Å². The first kappa shape index (κ1) is 28.0. The molecule has 3 N–H and O–H groups in total. The smallest absolute Gasteiger partial charge is 0.289 e. The Hall–Kier alpha value is -4.11. The molecule has 14 heteroatoms. The molecular weight excluding hydrogens is 574 g/mol. The minimum absolute atomic E-state index is 0.00491. The fourth-order valence-electron chi connectivity index (χ4n) is 4.61. The van der Waals surface area contributed by atoms with Gasteiger partial charge in [0.2, 0.25) is 0 Å². The van der Waals surface area contributed by atoms with Crippen LogP contribution in [0.4, 0.5) is 14.5 Å². The molecular formula is C28H26F2N4O7S. The van der Waals surface area contributed by atoms with Crippen LogP contribution in [0.3, 0.4) is 0 Å². The maximum Gasteiger partial charge on any atom is 0.289 e. The summed E-state index contributed by atoms with van der Waals surface area (Å²) in [6.45, 7) is 1.84. The Bertz CT molecular complexity index is 1790. The lowest BCUT2D eigenvalue weighted by atomic mass is 9.92. The topological polar surface area (TPSA) is 144 Å². The van der Waals surface area contributed by atoms with Crippen molar-refractivity contribution in [2.24, 2.45) is 10.4 Å². The van der Waals surface area contributed by atoms with E-state index in [0.717, 1.165) is 16.1 Å². The second kappa shape index (κ2) is 10.3. The number of rotatable bonds is 7. The summed E-state index contributed by atoms with van der Waals surface area (Å²) in [6, 6.07) is 11.0. The SMILES string of the molecule is C[C@]1(CO)CN=C(Nc2cc(F)c(Oc3ccnc4c3c(C3(O)COC3)cn4S(=O)(=O)c3ccccc3)c(F)c2)OC1. The number of hydrogen-bond donors (Lipinski definition) is 3. The van der Waals surface area contributed by atoms with Crippen LogP contribution in [-0.4, -0.2) is 66.6 Å². The first-order valence-electron chi connectivity index (χ1n) is 12.9. The van der Waals surface area contributed by atoms with Gasteiger partial charge in [-0.15, -0.1) is 0 Å². The van der Waals surface area contributed by atoms with Gasteiger partial charge in [0.25, 0.3) is 16.0 Å². The van der Waals surface area contributed by atoms with Crippen LogP contribution < -0.4 is 10.1 Å². The number of pyridine rings is 1. The number of aliphatic imine (C=N–C) groups is 1. The van der Waals surface area contributed by atoms with Crippen molar-refractivity contribution in [1.82, 2.24) is 8.96 Å². The molecule has 1 saturated heterocycles. The molecule has 0 saturated carbocycles. The van der Waals surface area contributed by atoms with Gasteiger partial charge in [0.15, 0.2) is 23.0 Å². The molecule has 2 aromatic carbocycles. The average molecular weight is 601 g/mol. The number of nitrogens with one attached hydrogen (secondary N) is 1. The zero-order chi connectivity index (χ0) is 29.7. The van der Waals surface area contributed by atoms with E-state index in [0.29, 0.717) is 0 Å². The number of aliphatic hydroxyl groups is 2. The number of fused-ring (bicyclic) bond motifs is 1. The normalized spacial score (nSPS) is 20.0. The molecule has 0 bridgehead atoms. The molecule has 1 fully saturated rings. The maximum atomic E-state index is 15.3. The standard InChI is InChI=1S/C28H26F2N4O7S/c1-27(13-35)12-32-26(40-14-27)33-17-9-20(29)24(21(30)10-17)41-22-7-8-31-25-23(22)19(28(36)15-39-16-28)11-34(25)42(37,38)18-5-3-2-4-6-18/h2-11,35-36H,12-16H2,1H3,(H,32,33)/t27-/m1/s1. The van der Waals surface area contributed by atoms with E-state index in [1.54, 1.807) is 25.1 Å². The van der Waals surface area contributed by atoms with E-state index in [4.69, 9.17) is 14.2 Å². The molecule has 0 aliphatic carbocycles. The molecule has 2 aliphatic rings. The number of hydrogen-bond acceptors (Lipinski definition) is 10. The Labute approximate surface area is 239 Å². The van der Waals surface area contributed by atoms with Gasteiger partial charge in [-0.3, -0.25) is 0 Å². The summed E-state index contributed by atoms with van der Waals surface area (Å²) >= 11 is 0. The molecule has 220 valence electrons. The van der Waals surface area contributed by atoms with Crippen LogP contribution in [0.5, 0.6) is 11.5 Å². The third-order valence-electron chi connectivity index (χ3n) is 7.11. The highest BCUT2D eigenvalue weighted by molar-refractivity contribution is 7.90. The van der Waals surface area contributed by atoms with Crippen molar-refractivity contribution in [3.8, 4) is 11.5 Å². The largest absolute Gasteiger partial charge is 0.464 e. The highest BCUT2D eigenvalue weighted by Crippen LogP contribution is 2.42. The monoisotopic (exact) mass is 600 g/mol. The summed E-state index contributed by atoms with van der Waals surface area (Å²) in [6.07, 6.45) is 2.46. The number of ether oxygens (including phenoxy) is 3. The molecule has 1 atom stereocenters. The molecule has 0 spiro atoms. The Kier molecular flexibility index (Phi) is 6.88.